The Morgan fingerprint density at radius 2 is 1.61 bits per heavy atom. The number of thiophene rings is 1. The van der Waals surface area contributed by atoms with Gasteiger partial charge in [0, 0.05) is 31.1 Å². The van der Waals surface area contributed by atoms with E-state index >= 15 is 0 Å². The maximum atomic E-state index is 10.0. The predicted molar refractivity (Wildman–Crippen MR) is 156 cm³/mol. The molecular weight excluding hydrogens is 667 g/mol. The van der Waals surface area contributed by atoms with Crippen LogP contribution in [-0.2, 0) is 24.9 Å². The summed E-state index contributed by atoms with van der Waals surface area (Å²) in [7, 11) is 0. The second kappa shape index (κ2) is 13.4. The molecule has 0 atom stereocenters. The van der Waals surface area contributed by atoms with Crippen LogP contribution in [0.1, 0.15) is 39.2 Å². The average molecular weight is 697 g/mol. The number of pyridine rings is 1. The molecule has 0 fully saturated rings. The molecule has 0 aliphatic rings. The smallest absolute Gasteiger partial charge is 0.155 e. The Bertz CT molecular complexity index is 1530. The van der Waals surface area contributed by atoms with Crippen molar-refractivity contribution in [1.29, 1.82) is 0 Å². The molecule has 0 aliphatic heterocycles. The molecular formula is C33H30IrNO2S-. The Hall–Kier alpha value is -3.37. The van der Waals surface area contributed by atoms with E-state index in [1.165, 1.54) is 51.8 Å². The second-order valence-electron chi connectivity index (χ2n) is 9.22. The van der Waals surface area contributed by atoms with Crippen LogP contribution in [-0.4, -0.2) is 15.9 Å². The normalized spacial score (nSPS) is 11.0. The van der Waals surface area contributed by atoms with E-state index in [9.17, 15) is 4.79 Å². The zero-order valence-electron chi connectivity index (χ0n) is 21.9. The molecule has 195 valence electrons. The number of benzene rings is 3. The minimum absolute atomic E-state index is 0. The molecule has 0 amide bonds. The average Bonchev–Trinajstić information content (AvgIpc) is 3.32. The fourth-order valence-corrected chi connectivity index (χ4v) is 4.97. The van der Waals surface area contributed by atoms with Crippen molar-refractivity contribution in [2.45, 2.75) is 33.6 Å². The molecule has 2 aromatic heterocycles. The van der Waals surface area contributed by atoms with Gasteiger partial charge in [0.25, 0.3) is 0 Å². The first kappa shape index (κ1) is 29.2. The molecule has 0 saturated carbocycles. The number of hydrogen-bond acceptors (Lipinski definition) is 4. The van der Waals surface area contributed by atoms with Gasteiger partial charge < -0.3 is 5.11 Å². The van der Waals surface area contributed by atoms with Crippen LogP contribution in [0.3, 0.4) is 0 Å². The van der Waals surface area contributed by atoms with Gasteiger partial charge in [-0.1, -0.05) is 74.5 Å². The zero-order valence-corrected chi connectivity index (χ0v) is 25.1. The topological polar surface area (TPSA) is 50.2 Å². The van der Waals surface area contributed by atoms with E-state index in [1.807, 2.05) is 12.1 Å². The summed E-state index contributed by atoms with van der Waals surface area (Å²) in [5.41, 5.74) is 8.03. The summed E-state index contributed by atoms with van der Waals surface area (Å²) in [5, 5.41) is 8.36. The molecule has 1 N–H and O–H groups in total. The first-order valence-corrected chi connectivity index (χ1v) is 13.1. The number of carbonyl (C=O) groups is 1. The van der Waals surface area contributed by atoms with E-state index in [0.717, 1.165) is 16.8 Å². The van der Waals surface area contributed by atoms with Crippen LogP contribution in [0.25, 0.3) is 43.0 Å². The summed E-state index contributed by atoms with van der Waals surface area (Å²) >= 11 is 1.80. The van der Waals surface area contributed by atoms with Crippen molar-refractivity contribution in [2.75, 3.05) is 0 Å². The van der Waals surface area contributed by atoms with E-state index in [2.05, 4.69) is 98.8 Å². The minimum atomic E-state index is -0.125. The van der Waals surface area contributed by atoms with Crippen LogP contribution in [0.15, 0.2) is 103 Å². The summed E-state index contributed by atoms with van der Waals surface area (Å²) in [4.78, 5) is 16.2. The number of carbonyl (C=O) groups excluding carboxylic acids is 1. The van der Waals surface area contributed by atoms with E-state index in [1.54, 1.807) is 11.3 Å². The third-order valence-electron chi connectivity index (χ3n) is 5.83. The van der Waals surface area contributed by atoms with Crippen molar-refractivity contribution >= 4 is 27.3 Å². The third kappa shape index (κ3) is 7.58. The second-order valence-corrected chi connectivity index (χ2v) is 10.3. The van der Waals surface area contributed by atoms with Crippen LogP contribution in [0.2, 0.25) is 0 Å². The number of aliphatic hydroxyl groups is 1. The van der Waals surface area contributed by atoms with Gasteiger partial charge in [0.05, 0.1) is 16.0 Å². The van der Waals surface area contributed by atoms with E-state index in [-0.39, 0.29) is 31.6 Å². The molecule has 0 bridgehead atoms. The molecule has 0 saturated heterocycles. The molecule has 38 heavy (non-hydrogen) atoms. The van der Waals surface area contributed by atoms with Crippen molar-refractivity contribution in [1.82, 2.24) is 4.98 Å². The molecule has 5 aromatic rings. The monoisotopic (exact) mass is 697 g/mol. The minimum Gasteiger partial charge on any atom is -0.512 e. The molecule has 3 nitrogen and oxygen atoms in total. The Labute approximate surface area is 242 Å². The number of aliphatic hydroxyl groups excluding tert-OH is 1. The maximum Gasteiger partial charge on any atom is 0.155 e. The van der Waals surface area contributed by atoms with E-state index < -0.39 is 0 Å². The fraction of sp³-hybridized carbons (Fsp3) is 0.152. The molecule has 5 rings (SSSR count). The number of nitrogens with zero attached hydrogens (tertiary/aromatic N) is 1. The number of aromatic nitrogens is 1. The number of allylic oxidation sites excluding steroid dienone is 2. The molecule has 3 aromatic carbocycles. The Balaban J connectivity index is 0.000000444. The number of hydrogen-bond donors (Lipinski definition) is 1. The van der Waals surface area contributed by atoms with Gasteiger partial charge in [-0.2, -0.15) is 0 Å². The molecule has 1 radical (unpaired) electrons. The van der Waals surface area contributed by atoms with Gasteiger partial charge in [-0.15, -0.1) is 46.7 Å². The van der Waals surface area contributed by atoms with Gasteiger partial charge >= 0.3 is 0 Å². The Kier molecular flexibility index (Phi) is 10.3. The number of rotatable bonds is 5. The van der Waals surface area contributed by atoms with Crippen molar-refractivity contribution in [3.05, 3.63) is 114 Å². The Morgan fingerprint density at radius 1 is 0.895 bits per heavy atom. The molecule has 0 aliphatic carbocycles. The summed E-state index contributed by atoms with van der Waals surface area (Å²) < 4.78 is 1.21. The summed E-state index contributed by atoms with van der Waals surface area (Å²) in [5.74, 6) is 0.487. The van der Waals surface area contributed by atoms with Crippen LogP contribution in [0.4, 0.5) is 0 Å². The van der Waals surface area contributed by atoms with Crippen molar-refractivity contribution in [3.8, 4) is 32.8 Å². The Morgan fingerprint density at radius 3 is 2.21 bits per heavy atom. The van der Waals surface area contributed by atoms with Crippen molar-refractivity contribution in [2.24, 2.45) is 0 Å². The fourth-order valence-electron chi connectivity index (χ4n) is 3.97. The zero-order chi connectivity index (χ0) is 26.4. The molecule has 0 spiro atoms. The quantitative estimate of drug-likeness (QED) is 0.113. The van der Waals surface area contributed by atoms with Gasteiger partial charge in [-0.3, -0.25) is 9.78 Å². The van der Waals surface area contributed by atoms with E-state index in [0.29, 0.717) is 5.92 Å². The summed E-state index contributed by atoms with van der Waals surface area (Å²) in [6.45, 7) is 7.30. The van der Waals surface area contributed by atoms with Crippen LogP contribution in [0.5, 0.6) is 0 Å². The SMILES string of the molecule is CC(=O)/C=C(/C)O.CC(C)c1ccc(-c2cc3nc(-c4[c-]ccc(-c5ccccc5)c4)ccc3s2)cc1.[Ir]. The largest absolute Gasteiger partial charge is 0.512 e. The van der Waals surface area contributed by atoms with Crippen molar-refractivity contribution in [3.63, 3.8) is 0 Å². The number of ketones is 1. The van der Waals surface area contributed by atoms with Gasteiger partial charge in [-0.25, -0.2) is 0 Å². The molecule has 2 heterocycles. The third-order valence-corrected chi connectivity index (χ3v) is 6.97. The first-order chi connectivity index (χ1) is 17.8. The van der Waals surface area contributed by atoms with Crippen LogP contribution >= 0.6 is 11.3 Å². The van der Waals surface area contributed by atoms with Gasteiger partial charge in [0.15, 0.2) is 5.78 Å². The van der Waals surface area contributed by atoms with Crippen LogP contribution in [0, 0.1) is 6.07 Å². The first-order valence-electron chi connectivity index (χ1n) is 12.3. The van der Waals surface area contributed by atoms with Crippen LogP contribution < -0.4 is 0 Å². The summed E-state index contributed by atoms with van der Waals surface area (Å²) in [6.07, 6.45) is 1.17. The number of fused-ring (bicyclic) bond motifs is 1. The molecule has 0 unspecified atom stereocenters. The molecule has 5 heteroatoms. The van der Waals surface area contributed by atoms with Gasteiger partial charge in [-0.05, 0) is 54.3 Å². The summed E-state index contributed by atoms with van der Waals surface area (Å²) in [6, 6.07) is 35.4. The predicted octanol–water partition coefficient (Wildman–Crippen LogP) is 9.26. The van der Waals surface area contributed by atoms with Gasteiger partial charge in [0.1, 0.15) is 0 Å². The van der Waals surface area contributed by atoms with E-state index in [4.69, 9.17) is 10.1 Å². The maximum absolute atomic E-state index is 10.0. The van der Waals surface area contributed by atoms with Gasteiger partial charge in [0.2, 0.25) is 0 Å². The standard InChI is InChI=1S/C28H22NS.C5H8O2.Ir/c1-19(2)20-11-13-22(14-12-20)28-18-26-27(30-28)16-15-25(29-26)24-10-6-9-23(17-24)21-7-4-3-5-8-21;1-4(6)3-5(2)7;/h3-9,11-19H,1-2H3;3,6H,1-2H3;/q-1;;/b;4-3-;. The van der Waals surface area contributed by atoms with Crippen molar-refractivity contribution < 1.29 is 30.0 Å².